The van der Waals surface area contributed by atoms with Gasteiger partial charge in [0.05, 0.1) is 24.5 Å². The van der Waals surface area contributed by atoms with E-state index >= 15 is 0 Å². The van der Waals surface area contributed by atoms with Crippen LogP contribution in [0.1, 0.15) is 21.8 Å². The van der Waals surface area contributed by atoms with Crippen molar-refractivity contribution in [3.8, 4) is 0 Å². The molecule has 0 unspecified atom stereocenters. The van der Waals surface area contributed by atoms with Gasteiger partial charge in [-0.15, -0.1) is 16.9 Å². The van der Waals surface area contributed by atoms with E-state index < -0.39 is 15.9 Å². The quantitative estimate of drug-likeness (QED) is 0.339. The summed E-state index contributed by atoms with van der Waals surface area (Å²) in [6, 6.07) is 13.6. The number of thioether (sulfide) groups is 1. The van der Waals surface area contributed by atoms with E-state index in [4.69, 9.17) is 13.9 Å². The first kappa shape index (κ1) is 26.8. The Balaban J connectivity index is 1.64. The van der Waals surface area contributed by atoms with Gasteiger partial charge >= 0.3 is 6.01 Å². The molecule has 0 radical (unpaired) electrons. The number of carbonyl (C=O) groups excluding carboxylic acids is 1. The normalized spacial score (nSPS) is 11.7. The minimum Gasteiger partial charge on any atom is -0.407 e. The van der Waals surface area contributed by atoms with E-state index in [1.54, 1.807) is 11.8 Å². The van der Waals surface area contributed by atoms with Gasteiger partial charge in [-0.2, -0.15) is 4.31 Å². The molecule has 0 aliphatic rings. The number of rotatable bonds is 13. The Morgan fingerprint density at radius 3 is 2.20 bits per heavy atom. The number of anilines is 1. The minimum atomic E-state index is -3.78. The lowest BCUT2D eigenvalue weighted by atomic mass is 10.1. The number of aromatic nitrogens is 2. The Bertz CT molecular complexity index is 1190. The topological polar surface area (TPSA) is 124 Å². The fourth-order valence-electron chi connectivity index (χ4n) is 3.13. The summed E-state index contributed by atoms with van der Waals surface area (Å²) < 4.78 is 42.8. The predicted molar refractivity (Wildman–Crippen MR) is 132 cm³/mol. The van der Waals surface area contributed by atoms with E-state index in [9.17, 15) is 13.2 Å². The zero-order chi connectivity index (χ0) is 25.3. The highest BCUT2D eigenvalue weighted by Crippen LogP contribution is 2.19. The fourth-order valence-corrected chi connectivity index (χ4v) is 4.94. The molecule has 0 aliphatic carbocycles. The van der Waals surface area contributed by atoms with Gasteiger partial charge < -0.3 is 13.9 Å². The molecule has 0 saturated heterocycles. The molecule has 0 aliphatic heterocycles. The van der Waals surface area contributed by atoms with Crippen molar-refractivity contribution in [2.45, 2.75) is 16.2 Å². The van der Waals surface area contributed by atoms with Gasteiger partial charge in [0, 0.05) is 37.8 Å². The summed E-state index contributed by atoms with van der Waals surface area (Å²) in [5.74, 6) is -0.130. The average Bonchev–Trinajstić information content (AvgIpc) is 3.31. The summed E-state index contributed by atoms with van der Waals surface area (Å²) in [5.41, 5.74) is 1.25. The Labute approximate surface area is 209 Å². The van der Waals surface area contributed by atoms with Crippen molar-refractivity contribution in [1.29, 1.82) is 0 Å². The monoisotopic (exact) mass is 520 g/mol. The third kappa shape index (κ3) is 7.36. The molecule has 0 saturated carbocycles. The first-order chi connectivity index (χ1) is 16.9. The highest BCUT2D eigenvalue weighted by atomic mass is 32.2. The van der Waals surface area contributed by atoms with E-state index in [-0.39, 0.29) is 42.8 Å². The number of methoxy groups -OCH3 is 2. The number of benzene rings is 2. The Morgan fingerprint density at radius 1 is 1.00 bits per heavy atom. The molecule has 1 heterocycles. The summed E-state index contributed by atoms with van der Waals surface area (Å²) in [5, 5.41) is 10.4. The van der Waals surface area contributed by atoms with Crippen LogP contribution in [0.3, 0.4) is 0 Å². The Morgan fingerprint density at radius 2 is 1.63 bits per heavy atom. The lowest BCUT2D eigenvalue weighted by Crippen LogP contribution is -2.36. The molecule has 1 aromatic heterocycles. The van der Waals surface area contributed by atoms with Crippen LogP contribution in [-0.4, -0.2) is 75.6 Å². The van der Waals surface area contributed by atoms with E-state index in [1.165, 1.54) is 42.8 Å². The van der Waals surface area contributed by atoms with Crippen LogP contribution in [-0.2, 0) is 25.9 Å². The SMILES string of the molecule is COCCN(CCOC)S(=O)(=O)c1ccc(C(=O)Nc2nnc(Cc3ccc(SC)cc3)o2)cc1. The Kier molecular flexibility index (Phi) is 9.81. The molecule has 0 atom stereocenters. The van der Waals surface area contributed by atoms with Crippen LogP contribution in [0.15, 0.2) is 62.7 Å². The van der Waals surface area contributed by atoms with E-state index in [0.29, 0.717) is 12.3 Å². The maximum absolute atomic E-state index is 13.0. The molecule has 2 aromatic carbocycles. The second-order valence-electron chi connectivity index (χ2n) is 7.39. The smallest absolute Gasteiger partial charge is 0.322 e. The minimum absolute atomic E-state index is 0.0345. The van der Waals surface area contributed by atoms with Crippen LogP contribution < -0.4 is 5.32 Å². The van der Waals surface area contributed by atoms with E-state index in [0.717, 1.165) is 10.5 Å². The number of sulfonamides is 1. The van der Waals surface area contributed by atoms with Gasteiger partial charge in [0.1, 0.15) is 0 Å². The zero-order valence-electron chi connectivity index (χ0n) is 19.8. The van der Waals surface area contributed by atoms with Crippen molar-refractivity contribution in [2.75, 3.05) is 52.1 Å². The second-order valence-corrected chi connectivity index (χ2v) is 10.2. The molecule has 10 nitrogen and oxygen atoms in total. The molecule has 1 N–H and O–H groups in total. The zero-order valence-corrected chi connectivity index (χ0v) is 21.4. The maximum atomic E-state index is 13.0. The summed E-state index contributed by atoms with van der Waals surface area (Å²) in [7, 11) is -0.771. The van der Waals surface area contributed by atoms with Crippen LogP contribution >= 0.6 is 11.8 Å². The molecule has 188 valence electrons. The fraction of sp³-hybridized carbons (Fsp3) is 0.348. The lowest BCUT2D eigenvalue weighted by Gasteiger charge is -2.21. The first-order valence-electron chi connectivity index (χ1n) is 10.7. The first-order valence-corrected chi connectivity index (χ1v) is 13.4. The van der Waals surface area contributed by atoms with Crippen LogP contribution in [0, 0.1) is 0 Å². The van der Waals surface area contributed by atoms with Crippen molar-refractivity contribution in [2.24, 2.45) is 0 Å². The van der Waals surface area contributed by atoms with Gasteiger partial charge in [-0.3, -0.25) is 10.1 Å². The third-order valence-electron chi connectivity index (χ3n) is 5.05. The van der Waals surface area contributed by atoms with Crippen LogP contribution in [0.4, 0.5) is 6.01 Å². The Hall–Kier alpha value is -2.77. The van der Waals surface area contributed by atoms with Crippen molar-refractivity contribution >= 4 is 33.7 Å². The third-order valence-corrected chi connectivity index (χ3v) is 7.70. The van der Waals surface area contributed by atoms with Crippen molar-refractivity contribution < 1.29 is 27.1 Å². The molecule has 12 heteroatoms. The highest BCUT2D eigenvalue weighted by Gasteiger charge is 2.24. The van der Waals surface area contributed by atoms with Crippen LogP contribution in [0.25, 0.3) is 0 Å². The molecule has 3 rings (SSSR count). The molecule has 0 fully saturated rings. The maximum Gasteiger partial charge on any atom is 0.322 e. The summed E-state index contributed by atoms with van der Waals surface area (Å²) in [6.45, 7) is 0.870. The van der Waals surface area contributed by atoms with E-state index in [2.05, 4.69) is 15.5 Å². The number of amides is 1. The number of hydrogen-bond acceptors (Lipinski definition) is 9. The van der Waals surface area contributed by atoms with Gasteiger partial charge in [-0.05, 0) is 48.2 Å². The van der Waals surface area contributed by atoms with Crippen LogP contribution in [0.5, 0.6) is 0 Å². The highest BCUT2D eigenvalue weighted by molar-refractivity contribution is 7.98. The number of nitrogens with one attached hydrogen (secondary N) is 1. The van der Waals surface area contributed by atoms with Crippen molar-refractivity contribution in [1.82, 2.24) is 14.5 Å². The molecular weight excluding hydrogens is 492 g/mol. The lowest BCUT2D eigenvalue weighted by molar-refractivity contribution is 0.102. The predicted octanol–water partition coefficient (Wildman–Crippen LogP) is 2.92. The van der Waals surface area contributed by atoms with Gasteiger partial charge in [-0.25, -0.2) is 8.42 Å². The second kappa shape index (κ2) is 12.8. The molecule has 0 spiro atoms. The molecule has 35 heavy (non-hydrogen) atoms. The van der Waals surface area contributed by atoms with Crippen molar-refractivity contribution in [3.05, 3.63) is 65.5 Å². The summed E-state index contributed by atoms with van der Waals surface area (Å²) in [4.78, 5) is 13.8. The van der Waals surface area contributed by atoms with Crippen molar-refractivity contribution in [3.63, 3.8) is 0 Å². The van der Waals surface area contributed by atoms with Gasteiger partial charge in [0.25, 0.3) is 5.91 Å². The molecular formula is C23H28N4O6S2. The molecule has 3 aromatic rings. The van der Waals surface area contributed by atoms with Gasteiger partial charge in [-0.1, -0.05) is 17.2 Å². The number of ether oxygens (including phenoxy) is 2. The largest absolute Gasteiger partial charge is 0.407 e. The van der Waals surface area contributed by atoms with Gasteiger partial charge in [0.15, 0.2) is 0 Å². The number of nitrogens with zero attached hydrogens (tertiary/aromatic N) is 3. The standard InChI is InChI=1S/C23H28N4O6S2/c1-31-14-12-27(13-15-32-2)35(29,30)20-10-6-18(7-11-20)22(28)24-23-26-25-21(33-23)16-17-4-8-19(34-3)9-5-17/h4-11H,12-16H2,1-3H3,(H,24,26,28). The molecule has 0 bridgehead atoms. The van der Waals surface area contributed by atoms with Crippen LogP contribution in [0.2, 0.25) is 0 Å². The van der Waals surface area contributed by atoms with Gasteiger partial charge in [0.2, 0.25) is 15.9 Å². The van der Waals surface area contributed by atoms with E-state index in [1.807, 2.05) is 30.5 Å². The molecule has 1 amide bonds. The summed E-state index contributed by atoms with van der Waals surface area (Å²) >= 11 is 1.66. The summed E-state index contributed by atoms with van der Waals surface area (Å²) in [6.07, 6.45) is 2.45. The number of carbonyl (C=O) groups is 1. The number of hydrogen-bond donors (Lipinski definition) is 1. The average molecular weight is 521 g/mol.